The summed E-state index contributed by atoms with van der Waals surface area (Å²) in [4.78, 5) is 15.0. The Morgan fingerprint density at radius 1 is 1.31 bits per heavy atom. The Bertz CT molecular complexity index is 698. The van der Waals surface area contributed by atoms with Gasteiger partial charge in [-0.3, -0.25) is 4.79 Å². The molecular formula is C13H10N2O. The smallest absolute Gasteiger partial charge is 0.170 e. The molecule has 0 saturated carbocycles. The normalized spacial score (nSPS) is 11.1. The maximum absolute atomic E-state index is 10.7. The molecule has 0 aliphatic carbocycles. The van der Waals surface area contributed by atoms with Gasteiger partial charge in [0.1, 0.15) is 11.3 Å². The molecule has 0 amide bonds. The Hall–Kier alpha value is -2.16. The van der Waals surface area contributed by atoms with Crippen LogP contribution in [0.25, 0.3) is 16.4 Å². The van der Waals surface area contributed by atoms with Gasteiger partial charge < -0.3 is 4.40 Å². The number of carbonyl (C=O) groups excluding carboxylic acids is 1. The molecule has 0 aliphatic rings. The van der Waals surface area contributed by atoms with Gasteiger partial charge in [-0.15, -0.1) is 0 Å². The highest BCUT2D eigenvalue weighted by atomic mass is 16.1. The van der Waals surface area contributed by atoms with Gasteiger partial charge in [0.2, 0.25) is 0 Å². The van der Waals surface area contributed by atoms with E-state index in [2.05, 4.69) is 24.0 Å². The van der Waals surface area contributed by atoms with Gasteiger partial charge in [-0.1, -0.05) is 23.8 Å². The molecule has 2 heterocycles. The SMILES string of the molecule is Cc1ccc2c(ccn3cc(C=O)nc23)c1. The Morgan fingerprint density at radius 2 is 2.19 bits per heavy atom. The summed E-state index contributed by atoms with van der Waals surface area (Å²) in [6.45, 7) is 2.06. The van der Waals surface area contributed by atoms with Gasteiger partial charge in [0.15, 0.2) is 6.29 Å². The summed E-state index contributed by atoms with van der Waals surface area (Å²) in [5.41, 5.74) is 2.52. The number of imidazole rings is 1. The third kappa shape index (κ3) is 1.21. The van der Waals surface area contributed by atoms with Crippen molar-refractivity contribution in [2.24, 2.45) is 0 Å². The number of aromatic nitrogens is 2. The summed E-state index contributed by atoms with van der Waals surface area (Å²) >= 11 is 0. The number of hydrogen-bond donors (Lipinski definition) is 0. The van der Waals surface area contributed by atoms with E-state index in [1.54, 1.807) is 6.20 Å². The van der Waals surface area contributed by atoms with Crippen LogP contribution >= 0.6 is 0 Å². The van der Waals surface area contributed by atoms with Crippen LogP contribution in [0.15, 0.2) is 36.7 Å². The first-order valence-electron chi connectivity index (χ1n) is 5.11. The van der Waals surface area contributed by atoms with E-state index in [0.717, 1.165) is 22.7 Å². The number of hydrogen-bond acceptors (Lipinski definition) is 2. The third-order valence-electron chi connectivity index (χ3n) is 2.73. The lowest BCUT2D eigenvalue weighted by Crippen LogP contribution is -1.84. The molecular weight excluding hydrogens is 200 g/mol. The van der Waals surface area contributed by atoms with E-state index in [1.165, 1.54) is 5.56 Å². The van der Waals surface area contributed by atoms with Crippen LogP contribution in [0.1, 0.15) is 16.1 Å². The molecule has 16 heavy (non-hydrogen) atoms. The quantitative estimate of drug-likeness (QED) is 0.578. The van der Waals surface area contributed by atoms with Crippen molar-refractivity contribution >= 4 is 22.7 Å². The van der Waals surface area contributed by atoms with Gasteiger partial charge in [0, 0.05) is 17.8 Å². The van der Waals surface area contributed by atoms with E-state index >= 15 is 0 Å². The molecule has 0 radical (unpaired) electrons. The number of pyridine rings is 1. The van der Waals surface area contributed by atoms with E-state index in [0.29, 0.717) is 5.69 Å². The predicted molar refractivity (Wildman–Crippen MR) is 62.8 cm³/mol. The molecule has 0 bridgehead atoms. The second-order valence-corrected chi connectivity index (χ2v) is 3.92. The Morgan fingerprint density at radius 3 is 3.00 bits per heavy atom. The van der Waals surface area contributed by atoms with E-state index in [9.17, 15) is 4.79 Å². The lowest BCUT2D eigenvalue weighted by molar-refractivity contribution is 0.111. The molecule has 1 aromatic carbocycles. The van der Waals surface area contributed by atoms with Crippen LogP contribution < -0.4 is 0 Å². The van der Waals surface area contributed by atoms with Crippen molar-refractivity contribution in [2.45, 2.75) is 6.92 Å². The van der Waals surface area contributed by atoms with E-state index < -0.39 is 0 Å². The first kappa shape index (κ1) is 9.09. The summed E-state index contributed by atoms with van der Waals surface area (Å²) in [6.07, 6.45) is 4.44. The monoisotopic (exact) mass is 210 g/mol. The first-order valence-corrected chi connectivity index (χ1v) is 5.11. The third-order valence-corrected chi connectivity index (χ3v) is 2.73. The lowest BCUT2D eigenvalue weighted by atomic mass is 10.1. The number of fused-ring (bicyclic) bond motifs is 3. The number of benzene rings is 1. The number of aldehydes is 1. The fraction of sp³-hybridized carbons (Fsp3) is 0.0769. The zero-order chi connectivity index (χ0) is 11.1. The number of nitrogens with zero attached hydrogens (tertiary/aromatic N) is 2. The van der Waals surface area contributed by atoms with Crippen LogP contribution in [0.4, 0.5) is 0 Å². The maximum atomic E-state index is 10.7. The van der Waals surface area contributed by atoms with Gasteiger partial charge in [0.05, 0.1) is 0 Å². The summed E-state index contributed by atoms with van der Waals surface area (Å²) in [6, 6.07) is 8.25. The highest BCUT2D eigenvalue weighted by molar-refractivity contribution is 5.95. The van der Waals surface area contributed by atoms with Gasteiger partial charge >= 0.3 is 0 Å². The van der Waals surface area contributed by atoms with Gasteiger partial charge in [0.25, 0.3) is 0 Å². The van der Waals surface area contributed by atoms with Crippen molar-refractivity contribution in [3.05, 3.63) is 47.9 Å². The van der Waals surface area contributed by atoms with E-state index in [-0.39, 0.29) is 0 Å². The van der Waals surface area contributed by atoms with Crippen molar-refractivity contribution in [3.8, 4) is 0 Å². The zero-order valence-corrected chi connectivity index (χ0v) is 8.84. The molecule has 3 rings (SSSR count). The summed E-state index contributed by atoms with van der Waals surface area (Å²) in [5, 5.41) is 2.22. The van der Waals surface area contributed by atoms with E-state index in [4.69, 9.17) is 0 Å². The van der Waals surface area contributed by atoms with Crippen molar-refractivity contribution in [3.63, 3.8) is 0 Å². The number of aryl methyl sites for hydroxylation is 1. The predicted octanol–water partition coefficient (Wildman–Crippen LogP) is 2.61. The molecule has 2 aromatic heterocycles. The molecule has 0 aliphatic heterocycles. The van der Waals surface area contributed by atoms with Crippen molar-refractivity contribution in [1.29, 1.82) is 0 Å². The molecule has 0 unspecified atom stereocenters. The Kier molecular flexibility index (Phi) is 1.80. The van der Waals surface area contributed by atoms with Crippen LogP contribution in [0.3, 0.4) is 0 Å². The maximum Gasteiger partial charge on any atom is 0.170 e. The fourth-order valence-electron chi connectivity index (χ4n) is 1.97. The average molecular weight is 210 g/mol. The second-order valence-electron chi connectivity index (χ2n) is 3.92. The topological polar surface area (TPSA) is 34.4 Å². The minimum absolute atomic E-state index is 0.466. The zero-order valence-electron chi connectivity index (χ0n) is 8.84. The largest absolute Gasteiger partial charge is 0.306 e. The van der Waals surface area contributed by atoms with Crippen molar-refractivity contribution < 1.29 is 4.79 Å². The molecule has 0 N–H and O–H groups in total. The molecule has 0 fully saturated rings. The molecule has 0 atom stereocenters. The van der Waals surface area contributed by atoms with Crippen LogP contribution in [-0.4, -0.2) is 15.7 Å². The van der Waals surface area contributed by atoms with Gasteiger partial charge in [-0.05, 0) is 18.4 Å². The molecule has 3 nitrogen and oxygen atoms in total. The van der Waals surface area contributed by atoms with Crippen LogP contribution in [0.2, 0.25) is 0 Å². The van der Waals surface area contributed by atoms with Crippen LogP contribution in [0.5, 0.6) is 0 Å². The minimum atomic E-state index is 0.466. The molecule has 3 heteroatoms. The standard InChI is InChI=1S/C13H10N2O/c1-9-2-3-12-10(6-9)4-5-15-7-11(8-16)14-13(12)15/h2-8H,1H3. The fourth-order valence-corrected chi connectivity index (χ4v) is 1.97. The molecule has 0 spiro atoms. The highest BCUT2D eigenvalue weighted by Gasteiger charge is 2.04. The first-order chi connectivity index (χ1) is 7.78. The lowest BCUT2D eigenvalue weighted by Gasteiger charge is -2.01. The molecule has 78 valence electrons. The molecule has 0 saturated heterocycles. The van der Waals surface area contributed by atoms with Gasteiger partial charge in [-0.2, -0.15) is 0 Å². The van der Waals surface area contributed by atoms with Gasteiger partial charge in [-0.25, -0.2) is 4.98 Å². The average Bonchev–Trinajstić information content (AvgIpc) is 2.71. The highest BCUT2D eigenvalue weighted by Crippen LogP contribution is 2.20. The second kappa shape index (κ2) is 3.17. The Labute approximate surface area is 92.3 Å². The van der Waals surface area contributed by atoms with Crippen LogP contribution in [0, 0.1) is 6.92 Å². The summed E-state index contributed by atoms with van der Waals surface area (Å²) in [5.74, 6) is 0. The minimum Gasteiger partial charge on any atom is -0.306 e. The number of carbonyl (C=O) groups is 1. The summed E-state index contributed by atoms with van der Waals surface area (Å²) < 4.78 is 1.88. The number of rotatable bonds is 1. The summed E-state index contributed by atoms with van der Waals surface area (Å²) in [7, 11) is 0. The van der Waals surface area contributed by atoms with Crippen LogP contribution in [-0.2, 0) is 0 Å². The van der Waals surface area contributed by atoms with Crippen molar-refractivity contribution in [2.75, 3.05) is 0 Å². The van der Waals surface area contributed by atoms with Crippen molar-refractivity contribution in [1.82, 2.24) is 9.38 Å². The molecule has 3 aromatic rings. The Balaban J connectivity index is 2.48. The van der Waals surface area contributed by atoms with E-state index in [1.807, 2.05) is 22.7 Å².